The summed E-state index contributed by atoms with van der Waals surface area (Å²) in [5.74, 6) is -0.0678. The zero-order valence-electron chi connectivity index (χ0n) is 8.97. The van der Waals surface area contributed by atoms with Gasteiger partial charge in [0.1, 0.15) is 0 Å². The van der Waals surface area contributed by atoms with Gasteiger partial charge in [0.25, 0.3) is 0 Å². The van der Waals surface area contributed by atoms with Gasteiger partial charge in [-0.15, -0.1) is 12.3 Å². The number of allylic oxidation sites excluding steroid dienone is 1. The van der Waals surface area contributed by atoms with Gasteiger partial charge < -0.3 is 14.9 Å². The lowest BCUT2D eigenvalue weighted by atomic mass is 9.81. The number of aliphatic hydroxyl groups excluding tert-OH is 1. The SMILES string of the molecule is C#CCC(C/C=C/CO)(C(=O)O)C(=O)OC. The van der Waals surface area contributed by atoms with Crippen molar-refractivity contribution in [1.82, 2.24) is 0 Å². The number of esters is 1. The molecule has 16 heavy (non-hydrogen) atoms. The summed E-state index contributed by atoms with van der Waals surface area (Å²) >= 11 is 0. The van der Waals surface area contributed by atoms with Crippen molar-refractivity contribution in [2.45, 2.75) is 12.8 Å². The molecule has 0 aliphatic carbocycles. The predicted molar refractivity (Wildman–Crippen MR) is 56.4 cm³/mol. The minimum atomic E-state index is -1.77. The minimum absolute atomic E-state index is 0.111. The predicted octanol–water partition coefficient (Wildman–Crippen LogP) is 0.192. The molecule has 2 N–H and O–H groups in total. The number of rotatable bonds is 6. The van der Waals surface area contributed by atoms with Crippen LogP contribution in [0.25, 0.3) is 0 Å². The third kappa shape index (κ3) is 3.11. The van der Waals surface area contributed by atoms with E-state index in [2.05, 4.69) is 10.7 Å². The first kappa shape index (κ1) is 14.2. The van der Waals surface area contributed by atoms with Crippen molar-refractivity contribution >= 4 is 11.9 Å². The number of methoxy groups -OCH3 is 1. The molecule has 0 aromatic rings. The van der Waals surface area contributed by atoms with E-state index in [0.29, 0.717) is 0 Å². The van der Waals surface area contributed by atoms with E-state index in [9.17, 15) is 9.59 Å². The summed E-state index contributed by atoms with van der Waals surface area (Å²) in [6, 6.07) is 0. The lowest BCUT2D eigenvalue weighted by Gasteiger charge is -2.22. The summed E-state index contributed by atoms with van der Waals surface area (Å²) < 4.78 is 4.45. The van der Waals surface area contributed by atoms with Crippen molar-refractivity contribution in [3.8, 4) is 12.3 Å². The molecule has 0 amide bonds. The Bertz CT molecular complexity index is 326. The van der Waals surface area contributed by atoms with Gasteiger partial charge in [0.15, 0.2) is 5.41 Å². The van der Waals surface area contributed by atoms with Crippen LogP contribution in [0, 0.1) is 17.8 Å². The van der Waals surface area contributed by atoms with Gasteiger partial charge in [-0.3, -0.25) is 9.59 Å². The Balaban J connectivity index is 5.11. The topological polar surface area (TPSA) is 83.8 Å². The second-order valence-corrected chi connectivity index (χ2v) is 3.12. The quantitative estimate of drug-likeness (QED) is 0.292. The number of aliphatic carboxylic acids is 1. The van der Waals surface area contributed by atoms with Crippen LogP contribution < -0.4 is 0 Å². The number of aliphatic hydroxyl groups is 1. The van der Waals surface area contributed by atoms with E-state index in [0.717, 1.165) is 7.11 Å². The highest BCUT2D eigenvalue weighted by atomic mass is 16.5. The van der Waals surface area contributed by atoms with Crippen LogP contribution in [-0.2, 0) is 14.3 Å². The molecule has 0 rings (SSSR count). The first-order chi connectivity index (χ1) is 7.55. The molecule has 88 valence electrons. The van der Waals surface area contributed by atoms with Crippen LogP contribution in [-0.4, -0.2) is 35.9 Å². The molecule has 5 nitrogen and oxygen atoms in total. The highest BCUT2D eigenvalue weighted by molar-refractivity contribution is 5.99. The number of carbonyl (C=O) groups is 2. The standard InChI is InChI=1S/C11H14O5/c1-3-6-11(9(13)14,10(15)16-2)7-4-5-8-12/h1,4-5,12H,6-8H2,2H3,(H,13,14)/b5-4+. The largest absolute Gasteiger partial charge is 0.480 e. The average molecular weight is 226 g/mol. The average Bonchev–Trinajstić information content (AvgIpc) is 2.26. The molecule has 0 heterocycles. The first-order valence-electron chi connectivity index (χ1n) is 4.56. The molecule has 0 radical (unpaired) electrons. The Kier molecular flexibility index (Phi) is 5.89. The molecule has 0 aliphatic rings. The molecule has 0 aromatic carbocycles. The summed E-state index contributed by atoms with van der Waals surface area (Å²) in [7, 11) is 1.10. The highest BCUT2D eigenvalue weighted by Crippen LogP contribution is 2.29. The number of ether oxygens (including phenoxy) is 1. The van der Waals surface area contributed by atoms with E-state index in [-0.39, 0.29) is 19.4 Å². The van der Waals surface area contributed by atoms with Gasteiger partial charge in [-0.1, -0.05) is 12.2 Å². The summed E-state index contributed by atoms with van der Waals surface area (Å²) in [6.07, 6.45) is 7.42. The lowest BCUT2D eigenvalue weighted by Crippen LogP contribution is -2.39. The van der Waals surface area contributed by atoms with Crippen LogP contribution in [0.5, 0.6) is 0 Å². The molecule has 0 aliphatic heterocycles. The van der Waals surface area contributed by atoms with E-state index in [4.69, 9.17) is 16.6 Å². The van der Waals surface area contributed by atoms with Crippen LogP contribution in [0.1, 0.15) is 12.8 Å². The normalized spacial score (nSPS) is 14.1. The van der Waals surface area contributed by atoms with E-state index in [1.54, 1.807) is 0 Å². The minimum Gasteiger partial charge on any atom is -0.480 e. The van der Waals surface area contributed by atoms with Crippen molar-refractivity contribution < 1.29 is 24.5 Å². The summed E-state index contributed by atoms with van der Waals surface area (Å²) in [5.41, 5.74) is -1.77. The fourth-order valence-corrected chi connectivity index (χ4v) is 1.21. The molecular formula is C11H14O5. The molecule has 5 heteroatoms. The Morgan fingerprint density at radius 3 is 2.50 bits per heavy atom. The van der Waals surface area contributed by atoms with E-state index in [1.807, 2.05) is 0 Å². The molecule has 0 saturated heterocycles. The van der Waals surface area contributed by atoms with Gasteiger partial charge in [-0.2, -0.15) is 0 Å². The zero-order chi connectivity index (χ0) is 12.6. The van der Waals surface area contributed by atoms with Gasteiger partial charge in [-0.25, -0.2) is 0 Å². The molecule has 1 atom stereocenters. The van der Waals surface area contributed by atoms with Gasteiger partial charge in [0.2, 0.25) is 0 Å². The maximum absolute atomic E-state index is 11.5. The fraction of sp³-hybridized carbons (Fsp3) is 0.455. The number of carboxylic acid groups (broad SMARTS) is 1. The van der Waals surface area contributed by atoms with Crippen molar-refractivity contribution in [2.24, 2.45) is 5.41 Å². The van der Waals surface area contributed by atoms with Crippen molar-refractivity contribution in [2.75, 3.05) is 13.7 Å². The fourth-order valence-electron chi connectivity index (χ4n) is 1.21. The van der Waals surface area contributed by atoms with Crippen LogP contribution in [0.3, 0.4) is 0 Å². The second-order valence-electron chi connectivity index (χ2n) is 3.12. The van der Waals surface area contributed by atoms with E-state index >= 15 is 0 Å². The first-order valence-corrected chi connectivity index (χ1v) is 4.56. The Morgan fingerprint density at radius 2 is 2.12 bits per heavy atom. The molecule has 1 unspecified atom stereocenters. The molecule has 0 bridgehead atoms. The highest BCUT2D eigenvalue weighted by Gasteiger charge is 2.45. The lowest BCUT2D eigenvalue weighted by molar-refractivity contribution is -0.166. The third-order valence-electron chi connectivity index (χ3n) is 2.13. The molecule has 0 aromatic heterocycles. The third-order valence-corrected chi connectivity index (χ3v) is 2.13. The van der Waals surface area contributed by atoms with Crippen molar-refractivity contribution in [3.63, 3.8) is 0 Å². The van der Waals surface area contributed by atoms with Crippen molar-refractivity contribution in [3.05, 3.63) is 12.2 Å². The van der Waals surface area contributed by atoms with Crippen LogP contribution >= 0.6 is 0 Å². The zero-order valence-corrected chi connectivity index (χ0v) is 8.97. The number of carboxylic acids is 1. The monoisotopic (exact) mass is 226 g/mol. The molecular weight excluding hydrogens is 212 g/mol. The molecule has 0 saturated carbocycles. The van der Waals surface area contributed by atoms with E-state index < -0.39 is 17.4 Å². The number of hydrogen-bond donors (Lipinski definition) is 2. The number of carbonyl (C=O) groups excluding carboxylic acids is 1. The van der Waals surface area contributed by atoms with Gasteiger partial charge in [-0.05, 0) is 6.42 Å². The number of hydrogen-bond acceptors (Lipinski definition) is 4. The Morgan fingerprint density at radius 1 is 1.50 bits per heavy atom. The van der Waals surface area contributed by atoms with Crippen molar-refractivity contribution in [1.29, 1.82) is 0 Å². The maximum Gasteiger partial charge on any atom is 0.324 e. The van der Waals surface area contributed by atoms with Crippen LogP contribution in [0.4, 0.5) is 0 Å². The summed E-state index contributed by atoms with van der Waals surface area (Å²) in [6.45, 7) is -0.229. The summed E-state index contributed by atoms with van der Waals surface area (Å²) in [4.78, 5) is 22.6. The summed E-state index contributed by atoms with van der Waals surface area (Å²) in [5, 5.41) is 17.6. The Labute approximate surface area is 93.7 Å². The van der Waals surface area contributed by atoms with Gasteiger partial charge >= 0.3 is 11.9 Å². The maximum atomic E-state index is 11.5. The Hall–Kier alpha value is -1.80. The number of terminal acetylenes is 1. The smallest absolute Gasteiger partial charge is 0.324 e. The second kappa shape index (κ2) is 6.64. The van der Waals surface area contributed by atoms with Gasteiger partial charge in [0, 0.05) is 6.42 Å². The van der Waals surface area contributed by atoms with E-state index in [1.165, 1.54) is 12.2 Å². The van der Waals surface area contributed by atoms with Crippen LogP contribution in [0.15, 0.2) is 12.2 Å². The van der Waals surface area contributed by atoms with Gasteiger partial charge in [0.05, 0.1) is 13.7 Å². The molecule has 0 fully saturated rings. The van der Waals surface area contributed by atoms with Crippen LogP contribution in [0.2, 0.25) is 0 Å². The molecule has 0 spiro atoms.